The normalized spacial score (nSPS) is 19.4. The lowest BCUT2D eigenvalue weighted by Gasteiger charge is -2.15. The summed E-state index contributed by atoms with van der Waals surface area (Å²) in [5, 5.41) is 12.4. The molecule has 2 aliphatic rings. The summed E-state index contributed by atoms with van der Waals surface area (Å²) in [5.41, 5.74) is 3.22. The summed E-state index contributed by atoms with van der Waals surface area (Å²) in [4.78, 5) is 31.1. The van der Waals surface area contributed by atoms with Crippen LogP contribution in [-0.4, -0.2) is 50.6 Å². The summed E-state index contributed by atoms with van der Waals surface area (Å²) in [5.74, 6) is 0.534. The number of hydrogen-bond acceptors (Lipinski definition) is 4. The predicted octanol–water partition coefficient (Wildman–Crippen LogP) is 2.07. The monoisotopic (exact) mass is 368 g/mol. The van der Waals surface area contributed by atoms with E-state index in [4.69, 9.17) is 0 Å². The van der Waals surface area contributed by atoms with Crippen molar-refractivity contribution >= 4 is 17.6 Å². The molecule has 0 aromatic carbocycles. The molecule has 1 aliphatic carbocycles. The largest absolute Gasteiger partial charge is 0.391 e. The highest BCUT2D eigenvalue weighted by atomic mass is 16.3. The summed E-state index contributed by atoms with van der Waals surface area (Å²) in [6, 6.07) is 5.18. The molecule has 0 unspecified atom stereocenters. The number of pyridine rings is 1. The smallest absolute Gasteiger partial charge is 0.258 e. The minimum Gasteiger partial charge on any atom is -0.391 e. The second-order valence-corrected chi connectivity index (χ2v) is 7.48. The minimum absolute atomic E-state index is 0.156. The number of likely N-dealkylation sites (tertiary alicyclic amines) is 1. The van der Waals surface area contributed by atoms with E-state index in [0.29, 0.717) is 42.4 Å². The summed E-state index contributed by atoms with van der Waals surface area (Å²) in [6.07, 6.45) is 4.00. The van der Waals surface area contributed by atoms with Crippen LogP contribution in [0.25, 0.3) is 0 Å². The maximum absolute atomic E-state index is 12.7. The van der Waals surface area contributed by atoms with Crippen molar-refractivity contribution in [3.8, 4) is 0 Å². The second kappa shape index (κ2) is 6.81. The molecule has 0 radical (unpaired) electrons. The van der Waals surface area contributed by atoms with Gasteiger partial charge in [0.2, 0.25) is 0 Å². The van der Waals surface area contributed by atoms with Crippen molar-refractivity contribution in [3.63, 3.8) is 0 Å². The van der Waals surface area contributed by atoms with Crippen LogP contribution in [-0.2, 0) is 7.05 Å². The third kappa shape index (κ3) is 3.47. The van der Waals surface area contributed by atoms with E-state index in [-0.39, 0.29) is 11.8 Å². The third-order valence-electron chi connectivity index (χ3n) is 5.51. The number of rotatable bonds is 4. The van der Waals surface area contributed by atoms with Crippen molar-refractivity contribution in [2.75, 3.05) is 18.4 Å². The number of anilines is 1. The van der Waals surface area contributed by atoms with Gasteiger partial charge in [-0.3, -0.25) is 9.59 Å². The Labute approximate surface area is 158 Å². The minimum atomic E-state index is -0.461. The molecule has 0 spiro atoms. The van der Waals surface area contributed by atoms with Crippen LogP contribution in [0.15, 0.2) is 24.4 Å². The Balaban J connectivity index is 1.50. The van der Waals surface area contributed by atoms with Crippen molar-refractivity contribution in [1.29, 1.82) is 0 Å². The van der Waals surface area contributed by atoms with E-state index in [2.05, 4.69) is 14.9 Å². The molecular formula is C20H24N4O3. The summed E-state index contributed by atoms with van der Waals surface area (Å²) in [7, 11) is 1.99. The van der Waals surface area contributed by atoms with E-state index in [9.17, 15) is 14.7 Å². The van der Waals surface area contributed by atoms with E-state index in [1.54, 1.807) is 17.0 Å². The molecule has 1 atom stereocenters. The molecule has 1 saturated heterocycles. The van der Waals surface area contributed by atoms with E-state index in [1.165, 1.54) is 24.7 Å². The molecule has 4 rings (SSSR count). The quantitative estimate of drug-likeness (QED) is 0.865. The average molecular weight is 368 g/mol. The van der Waals surface area contributed by atoms with Gasteiger partial charge in [-0.25, -0.2) is 4.98 Å². The van der Waals surface area contributed by atoms with Crippen molar-refractivity contribution in [1.82, 2.24) is 14.5 Å². The topological polar surface area (TPSA) is 87.5 Å². The first-order valence-corrected chi connectivity index (χ1v) is 9.35. The first-order chi connectivity index (χ1) is 12.9. The molecule has 27 heavy (non-hydrogen) atoms. The molecule has 0 bridgehead atoms. The van der Waals surface area contributed by atoms with E-state index in [1.807, 2.05) is 20.0 Å². The van der Waals surface area contributed by atoms with Gasteiger partial charge in [-0.2, -0.15) is 0 Å². The van der Waals surface area contributed by atoms with Gasteiger partial charge in [-0.05, 0) is 50.3 Å². The summed E-state index contributed by atoms with van der Waals surface area (Å²) < 4.78 is 2.08. The fourth-order valence-corrected chi connectivity index (χ4v) is 3.65. The van der Waals surface area contributed by atoms with Crippen LogP contribution in [0.2, 0.25) is 0 Å². The van der Waals surface area contributed by atoms with Crippen LogP contribution in [0.4, 0.5) is 5.82 Å². The molecule has 2 aromatic rings. The van der Waals surface area contributed by atoms with Gasteiger partial charge in [0.15, 0.2) is 0 Å². The highest BCUT2D eigenvalue weighted by Gasteiger charge is 2.29. The zero-order valence-electron chi connectivity index (χ0n) is 15.6. The molecule has 142 valence electrons. The van der Waals surface area contributed by atoms with Gasteiger partial charge in [-0.15, -0.1) is 0 Å². The molecule has 1 saturated carbocycles. The number of carbonyl (C=O) groups excluding carboxylic acids is 2. The number of carbonyl (C=O) groups is 2. The highest BCUT2D eigenvalue weighted by molar-refractivity contribution is 6.05. The fraction of sp³-hybridized carbons (Fsp3) is 0.450. The number of aromatic nitrogens is 2. The van der Waals surface area contributed by atoms with Gasteiger partial charge in [0, 0.05) is 43.3 Å². The number of nitrogens with zero attached hydrogens (tertiary/aromatic N) is 3. The number of aliphatic hydroxyl groups is 1. The Morgan fingerprint density at radius 3 is 2.70 bits per heavy atom. The molecule has 7 heteroatoms. The zero-order chi connectivity index (χ0) is 19.1. The number of hydrogen-bond donors (Lipinski definition) is 2. The average Bonchev–Trinajstić information content (AvgIpc) is 3.33. The Morgan fingerprint density at radius 1 is 1.26 bits per heavy atom. The molecule has 1 aliphatic heterocycles. The molecule has 2 aromatic heterocycles. The van der Waals surface area contributed by atoms with Crippen molar-refractivity contribution in [2.24, 2.45) is 7.05 Å². The van der Waals surface area contributed by atoms with E-state index < -0.39 is 6.10 Å². The second-order valence-electron chi connectivity index (χ2n) is 7.48. The molecule has 3 heterocycles. The summed E-state index contributed by atoms with van der Waals surface area (Å²) in [6.45, 7) is 2.82. The molecule has 7 nitrogen and oxygen atoms in total. The zero-order valence-corrected chi connectivity index (χ0v) is 15.6. The van der Waals surface area contributed by atoms with Gasteiger partial charge >= 0.3 is 0 Å². The highest BCUT2D eigenvalue weighted by Crippen LogP contribution is 2.41. The SMILES string of the molecule is Cc1c(C(=O)Nc2cc(C(=O)N3CC[C@H](O)C3)ccn2)cc(C2CC2)n1C. The number of aliphatic hydroxyl groups excluding tert-OH is 1. The lowest BCUT2D eigenvalue weighted by Crippen LogP contribution is -2.29. The van der Waals surface area contributed by atoms with Crippen molar-refractivity contribution in [3.05, 3.63) is 46.9 Å². The van der Waals surface area contributed by atoms with Crippen LogP contribution in [0.1, 0.15) is 57.3 Å². The van der Waals surface area contributed by atoms with Crippen molar-refractivity contribution in [2.45, 2.75) is 38.2 Å². The number of β-amino-alcohol motifs (C(OH)–C–C–N with tert-alkyl or cyclic N) is 1. The summed E-state index contributed by atoms with van der Waals surface area (Å²) >= 11 is 0. The van der Waals surface area contributed by atoms with Gasteiger partial charge in [0.05, 0.1) is 11.7 Å². The van der Waals surface area contributed by atoms with Crippen LogP contribution >= 0.6 is 0 Å². The molecule has 2 N–H and O–H groups in total. The fourth-order valence-electron chi connectivity index (χ4n) is 3.65. The van der Waals surface area contributed by atoms with Gasteiger partial charge in [0.25, 0.3) is 11.8 Å². The first-order valence-electron chi connectivity index (χ1n) is 9.35. The molecular weight excluding hydrogens is 344 g/mol. The van der Waals surface area contributed by atoms with E-state index in [0.717, 1.165) is 5.69 Å². The van der Waals surface area contributed by atoms with Crippen LogP contribution in [0, 0.1) is 6.92 Å². The van der Waals surface area contributed by atoms with Gasteiger partial charge in [0.1, 0.15) is 5.82 Å². The Bertz CT molecular complexity index is 901. The van der Waals surface area contributed by atoms with Crippen molar-refractivity contribution < 1.29 is 14.7 Å². The van der Waals surface area contributed by atoms with E-state index >= 15 is 0 Å². The molecule has 2 fully saturated rings. The maximum atomic E-state index is 12.7. The van der Waals surface area contributed by atoms with Crippen LogP contribution in [0.5, 0.6) is 0 Å². The first kappa shape index (κ1) is 17.7. The third-order valence-corrected chi connectivity index (χ3v) is 5.51. The Kier molecular flexibility index (Phi) is 4.47. The molecule has 2 amide bonds. The predicted molar refractivity (Wildman–Crippen MR) is 101 cm³/mol. The van der Waals surface area contributed by atoms with Crippen LogP contribution in [0.3, 0.4) is 0 Å². The van der Waals surface area contributed by atoms with Gasteiger partial charge in [-0.1, -0.05) is 0 Å². The number of nitrogens with one attached hydrogen (secondary N) is 1. The standard InChI is InChI=1S/C20H24N4O3/c1-12-16(10-17(23(12)2)13-3-4-13)19(26)22-18-9-14(5-7-21-18)20(27)24-8-6-15(25)11-24/h5,7,9-10,13,15,25H,3-4,6,8,11H2,1-2H3,(H,21,22,26)/t15-/m0/s1. The Hall–Kier alpha value is -2.67. The Morgan fingerprint density at radius 2 is 2.04 bits per heavy atom. The maximum Gasteiger partial charge on any atom is 0.258 e. The van der Waals surface area contributed by atoms with Gasteiger partial charge < -0.3 is 19.9 Å². The lowest BCUT2D eigenvalue weighted by molar-refractivity contribution is 0.0764. The van der Waals surface area contributed by atoms with Crippen LogP contribution < -0.4 is 5.32 Å². The number of amides is 2. The lowest BCUT2D eigenvalue weighted by atomic mass is 10.2.